The van der Waals surface area contributed by atoms with Crippen molar-refractivity contribution in [1.82, 2.24) is 14.7 Å². The smallest absolute Gasteiger partial charge is 0.410 e. The number of hydrogen-bond acceptors (Lipinski definition) is 6. The number of hydrogen-bond donors (Lipinski definition) is 0. The zero-order valence-electron chi connectivity index (χ0n) is 21.7. The molecular formula is C28H35N3O5. The number of methoxy groups -OCH3 is 1. The van der Waals surface area contributed by atoms with Crippen molar-refractivity contribution in [1.29, 1.82) is 0 Å². The highest BCUT2D eigenvalue weighted by Gasteiger charge is 2.39. The summed E-state index contributed by atoms with van der Waals surface area (Å²) < 4.78 is 10.5. The van der Waals surface area contributed by atoms with Crippen molar-refractivity contribution in [3.8, 4) is 0 Å². The van der Waals surface area contributed by atoms with Crippen molar-refractivity contribution in [3.63, 3.8) is 0 Å². The van der Waals surface area contributed by atoms with Gasteiger partial charge >= 0.3 is 12.1 Å². The molecule has 0 aromatic heterocycles. The second-order valence-corrected chi connectivity index (χ2v) is 10.6. The number of amides is 2. The SMILES string of the molecule is COC(=O)c1ccc2c(c1)C(=O)N(C[C@H]1CN(C(=O)OC(C)(C)C)[C@H](C)CN1Cc1ccccc1)C2. The Hall–Kier alpha value is -3.39. The molecule has 8 nitrogen and oxygen atoms in total. The van der Waals surface area contributed by atoms with Crippen LogP contribution in [0.3, 0.4) is 0 Å². The van der Waals surface area contributed by atoms with Gasteiger partial charge in [-0.25, -0.2) is 9.59 Å². The lowest BCUT2D eigenvalue weighted by Gasteiger charge is -2.46. The highest BCUT2D eigenvalue weighted by Crippen LogP contribution is 2.27. The van der Waals surface area contributed by atoms with Crippen molar-refractivity contribution in [2.75, 3.05) is 26.7 Å². The van der Waals surface area contributed by atoms with E-state index in [0.29, 0.717) is 37.3 Å². The highest BCUT2D eigenvalue weighted by molar-refractivity contribution is 6.01. The molecule has 2 aromatic rings. The Morgan fingerprint density at radius 1 is 1.06 bits per heavy atom. The number of rotatable bonds is 5. The quantitative estimate of drug-likeness (QED) is 0.587. The standard InChI is InChI=1S/C28H35N3O5/c1-19-14-29(15-20-9-7-6-8-10-20)23(18-31(19)27(34)36-28(2,3)4)17-30-16-22-12-11-21(26(33)35-5)13-24(22)25(30)32/h6-13,19,23H,14-18H2,1-5H3/t19-,23+/m1/s1. The second-order valence-electron chi connectivity index (χ2n) is 10.6. The zero-order chi connectivity index (χ0) is 26.0. The molecule has 2 aliphatic heterocycles. The van der Waals surface area contributed by atoms with E-state index in [1.165, 1.54) is 12.7 Å². The van der Waals surface area contributed by atoms with Gasteiger partial charge in [-0.3, -0.25) is 9.69 Å². The lowest BCUT2D eigenvalue weighted by molar-refractivity contribution is -0.0190. The largest absolute Gasteiger partial charge is 0.465 e. The molecule has 2 aromatic carbocycles. The van der Waals surface area contributed by atoms with E-state index in [-0.39, 0.29) is 24.1 Å². The van der Waals surface area contributed by atoms with Crippen LogP contribution >= 0.6 is 0 Å². The van der Waals surface area contributed by atoms with Gasteiger partial charge in [-0.15, -0.1) is 0 Å². The summed E-state index contributed by atoms with van der Waals surface area (Å²) in [7, 11) is 1.32. The average Bonchev–Trinajstić information content (AvgIpc) is 3.14. The number of benzene rings is 2. The summed E-state index contributed by atoms with van der Waals surface area (Å²) in [5.41, 5.74) is 2.37. The number of ether oxygens (including phenoxy) is 2. The summed E-state index contributed by atoms with van der Waals surface area (Å²) in [6, 6.07) is 15.2. The fourth-order valence-corrected chi connectivity index (χ4v) is 4.88. The third-order valence-corrected chi connectivity index (χ3v) is 6.65. The molecule has 4 rings (SSSR count). The Morgan fingerprint density at radius 3 is 2.44 bits per heavy atom. The van der Waals surface area contributed by atoms with Crippen LogP contribution in [-0.4, -0.2) is 77.1 Å². The fraction of sp³-hybridized carbons (Fsp3) is 0.464. The molecular weight excluding hydrogens is 458 g/mol. The Kier molecular flexibility index (Phi) is 7.36. The van der Waals surface area contributed by atoms with Gasteiger partial charge in [-0.2, -0.15) is 0 Å². The molecule has 2 aliphatic rings. The third kappa shape index (κ3) is 5.70. The Balaban J connectivity index is 1.55. The van der Waals surface area contributed by atoms with E-state index >= 15 is 0 Å². The van der Waals surface area contributed by atoms with Crippen LogP contribution in [0, 0.1) is 0 Å². The molecule has 0 N–H and O–H groups in total. The first-order valence-corrected chi connectivity index (χ1v) is 12.3. The predicted molar refractivity (Wildman–Crippen MR) is 136 cm³/mol. The van der Waals surface area contributed by atoms with Crippen LogP contribution in [0.4, 0.5) is 4.79 Å². The van der Waals surface area contributed by atoms with Gasteiger partial charge in [0.2, 0.25) is 0 Å². The van der Waals surface area contributed by atoms with Gasteiger partial charge in [0.15, 0.2) is 0 Å². The normalized spacial score (nSPS) is 20.3. The Bertz CT molecular complexity index is 1130. The molecule has 2 atom stereocenters. The van der Waals surface area contributed by atoms with Gasteiger partial charge in [0.25, 0.3) is 5.91 Å². The summed E-state index contributed by atoms with van der Waals surface area (Å²) in [4.78, 5) is 44.2. The molecule has 2 amide bonds. The van der Waals surface area contributed by atoms with Crippen molar-refractivity contribution in [2.24, 2.45) is 0 Å². The van der Waals surface area contributed by atoms with Crippen molar-refractivity contribution in [2.45, 2.75) is 58.5 Å². The molecule has 0 spiro atoms. The Morgan fingerprint density at radius 2 is 1.78 bits per heavy atom. The zero-order valence-corrected chi connectivity index (χ0v) is 21.7. The lowest BCUT2D eigenvalue weighted by Crippen LogP contribution is -2.61. The Labute approximate surface area is 212 Å². The van der Waals surface area contributed by atoms with E-state index in [1.807, 2.05) is 52.0 Å². The summed E-state index contributed by atoms with van der Waals surface area (Å²) in [5, 5.41) is 0. The molecule has 36 heavy (non-hydrogen) atoms. The maximum Gasteiger partial charge on any atom is 0.410 e. The highest BCUT2D eigenvalue weighted by atomic mass is 16.6. The van der Waals surface area contributed by atoms with Crippen molar-refractivity contribution >= 4 is 18.0 Å². The predicted octanol–water partition coefficient (Wildman–Crippen LogP) is 3.94. The van der Waals surface area contributed by atoms with Crippen LogP contribution in [-0.2, 0) is 22.6 Å². The van der Waals surface area contributed by atoms with E-state index < -0.39 is 11.6 Å². The molecule has 1 fully saturated rings. The number of nitrogens with zero attached hydrogens (tertiary/aromatic N) is 3. The van der Waals surface area contributed by atoms with Gasteiger partial charge in [0.1, 0.15) is 5.60 Å². The van der Waals surface area contributed by atoms with Gasteiger partial charge in [0, 0.05) is 50.4 Å². The third-order valence-electron chi connectivity index (χ3n) is 6.65. The molecule has 0 bridgehead atoms. The van der Waals surface area contributed by atoms with Crippen LogP contribution in [0.15, 0.2) is 48.5 Å². The molecule has 0 radical (unpaired) electrons. The van der Waals surface area contributed by atoms with Gasteiger partial charge < -0.3 is 19.3 Å². The van der Waals surface area contributed by atoms with E-state index in [0.717, 1.165) is 12.1 Å². The fourth-order valence-electron chi connectivity index (χ4n) is 4.88. The molecule has 8 heteroatoms. The van der Waals surface area contributed by atoms with Crippen molar-refractivity contribution in [3.05, 3.63) is 70.8 Å². The molecule has 0 saturated carbocycles. The number of carbonyl (C=O) groups is 3. The summed E-state index contributed by atoms with van der Waals surface area (Å²) >= 11 is 0. The first-order valence-electron chi connectivity index (χ1n) is 12.3. The number of fused-ring (bicyclic) bond motifs is 1. The number of piperazine rings is 1. The molecule has 2 heterocycles. The van der Waals surface area contributed by atoms with Crippen LogP contribution in [0.25, 0.3) is 0 Å². The van der Waals surface area contributed by atoms with E-state index in [4.69, 9.17) is 9.47 Å². The second kappa shape index (κ2) is 10.3. The molecule has 0 aliphatic carbocycles. The van der Waals surface area contributed by atoms with E-state index in [2.05, 4.69) is 17.0 Å². The minimum atomic E-state index is -0.586. The minimum Gasteiger partial charge on any atom is -0.465 e. The summed E-state index contributed by atoms with van der Waals surface area (Å²) in [6.45, 7) is 10.4. The summed E-state index contributed by atoms with van der Waals surface area (Å²) in [6.07, 6.45) is -0.335. The lowest BCUT2D eigenvalue weighted by atomic mass is 10.1. The first-order chi connectivity index (χ1) is 17.1. The minimum absolute atomic E-state index is 0.0334. The monoisotopic (exact) mass is 493 g/mol. The van der Waals surface area contributed by atoms with Gasteiger partial charge in [-0.05, 0) is 51.0 Å². The maximum absolute atomic E-state index is 13.3. The van der Waals surface area contributed by atoms with Crippen LogP contribution < -0.4 is 0 Å². The first kappa shape index (κ1) is 25.7. The van der Waals surface area contributed by atoms with Gasteiger partial charge in [0.05, 0.1) is 12.7 Å². The molecule has 192 valence electrons. The maximum atomic E-state index is 13.3. The van der Waals surface area contributed by atoms with E-state index in [1.54, 1.807) is 21.9 Å². The molecule has 0 unspecified atom stereocenters. The van der Waals surface area contributed by atoms with Crippen LogP contribution in [0.2, 0.25) is 0 Å². The van der Waals surface area contributed by atoms with Crippen LogP contribution in [0.1, 0.15) is 59.5 Å². The van der Waals surface area contributed by atoms with Crippen molar-refractivity contribution < 1.29 is 23.9 Å². The topological polar surface area (TPSA) is 79.4 Å². The average molecular weight is 494 g/mol. The number of esters is 1. The van der Waals surface area contributed by atoms with Gasteiger partial charge in [-0.1, -0.05) is 36.4 Å². The van der Waals surface area contributed by atoms with Crippen LogP contribution in [0.5, 0.6) is 0 Å². The summed E-state index contributed by atoms with van der Waals surface area (Å²) in [5.74, 6) is -0.579. The number of carbonyl (C=O) groups excluding carboxylic acids is 3. The van der Waals surface area contributed by atoms with E-state index in [9.17, 15) is 14.4 Å². The molecule has 1 saturated heterocycles.